The average molecular weight is 937 g/mol. The number of hydrogen-bond acceptors (Lipinski definition) is 15. The van der Waals surface area contributed by atoms with Crippen LogP contribution in [-0.2, 0) is 34.9 Å². The van der Waals surface area contributed by atoms with E-state index in [1.807, 2.05) is 63.7 Å². The Kier molecular flexibility index (Phi) is 18.4. The normalized spacial score (nSPS) is 42.1. The summed E-state index contributed by atoms with van der Waals surface area (Å²) in [5.41, 5.74) is -2.86. The Balaban J connectivity index is 1.49. The summed E-state index contributed by atoms with van der Waals surface area (Å²) in [7, 11) is 5.31. The molecular formula is C49H84N4O13. The molecule has 0 saturated carbocycles. The van der Waals surface area contributed by atoms with E-state index in [4.69, 9.17) is 28.4 Å². The van der Waals surface area contributed by atoms with Crippen molar-refractivity contribution in [2.45, 2.75) is 192 Å². The second-order valence-corrected chi connectivity index (χ2v) is 21.0. The molecule has 4 heterocycles. The number of aliphatic hydroxyl groups is 5. The van der Waals surface area contributed by atoms with Gasteiger partial charge in [-0.1, -0.05) is 27.7 Å². The Labute approximate surface area is 393 Å². The zero-order valence-corrected chi connectivity index (χ0v) is 41.9. The number of amides is 2. The van der Waals surface area contributed by atoms with Gasteiger partial charge < -0.3 is 69.5 Å². The van der Waals surface area contributed by atoms with E-state index in [-0.39, 0.29) is 43.4 Å². The zero-order chi connectivity index (χ0) is 49.1. The highest BCUT2D eigenvalue weighted by molar-refractivity contribution is 5.89. The number of carbonyl (C=O) groups excluding carboxylic acids is 2. The monoisotopic (exact) mass is 937 g/mol. The molecule has 17 heteroatoms. The fraction of sp³-hybridized carbons (Fsp3) is 0.837. The Morgan fingerprint density at radius 3 is 2.35 bits per heavy atom. The van der Waals surface area contributed by atoms with E-state index in [0.29, 0.717) is 44.8 Å². The number of rotatable bonds is 11. The van der Waals surface area contributed by atoms with Gasteiger partial charge >= 0.3 is 12.0 Å². The number of methoxy groups -OCH3 is 1. The molecule has 0 aromatic heterocycles. The van der Waals surface area contributed by atoms with Crippen molar-refractivity contribution in [2.75, 3.05) is 52.8 Å². The molecule has 4 aliphatic heterocycles. The van der Waals surface area contributed by atoms with Gasteiger partial charge in [-0.25, -0.2) is 4.79 Å². The number of nitrogens with one attached hydrogen (secondary N) is 2. The number of benzene rings is 1. The summed E-state index contributed by atoms with van der Waals surface area (Å²) >= 11 is 0. The van der Waals surface area contributed by atoms with Crippen molar-refractivity contribution in [1.82, 2.24) is 15.1 Å². The third-order valence-electron chi connectivity index (χ3n) is 15.2. The number of aliphatic hydroxyl groups excluding tert-OH is 3. The molecular weight excluding hydrogens is 853 g/mol. The van der Waals surface area contributed by atoms with Crippen LogP contribution in [0.1, 0.15) is 107 Å². The molecule has 3 saturated heterocycles. The molecule has 0 aliphatic carbocycles. The van der Waals surface area contributed by atoms with Crippen molar-refractivity contribution in [3.63, 3.8) is 0 Å². The van der Waals surface area contributed by atoms with E-state index in [9.17, 15) is 35.1 Å². The first-order valence-electron chi connectivity index (χ1n) is 24.3. The molecule has 0 spiro atoms. The number of esters is 1. The summed E-state index contributed by atoms with van der Waals surface area (Å²) in [6, 6.07) is 4.22. The minimum Gasteiger partial charge on any atom is -0.493 e. The molecule has 0 radical (unpaired) electrons. The van der Waals surface area contributed by atoms with Crippen LogP contribution in [0.3, 0.4) is 0 Å². The number of fused-ring (bicyclic) bond motifs is 1. The van der Waals surface area contributed by atoms with Gasteiger partial charge in [0.2, 0.25) is 0 Å². The molecule has 378 valence electrons. The Morgan fingerprint density at radius 1 is 1.00 bits per heavy atom. The third-order valence-corrected chi connectivity index (χ3v) is 15.2. The van der Waals surface area contributed by atoms with Crippen molar-refractivity contribution in [1.29, 1.82) is 0 Å². The number of urea groups is 1. The number of hydrogen-bond donors (Lipinski definition) is 7. The minimum absolute atomic E-state index is 0.180. The standard InChI is InChI=1S/C49H84N4O13/c1-14-38-49(10,60)41(55)31(6)53(20-15-19-50-46(58)51-34-16-17-36-33(23-34)18-21-62-36)26-27(2)24-47(8,59)43(66-45-40(54)35(52(11)12)22-28(3)63-45)29(4)39(30(5)44(57)65-38)37-25-48(9,61-13)42(56)32(7)64-37/h16-17,23,27-32,35,37-43,45,54-56,59-60H,14-15,18-22,24-26H2,1-13H3,(H2,50,51,58)/t27-,28-,29+,30-,31-,32+,35+,37?,38-,39+,40-,41-,42+,43-,45+,47-,48-,49-/m1/s1. The lowest BCUT2D eigenvalue weighted by molar-refractivity contribution is -0.302. The van der Waals surface area contributed by atoms with Gasteiger partial charge in [0.15, 0.2) is 6.29 Å². The van der Waals surface area contributed by atoms with Crippen LogP contribution in [-0.4, -0.2) is 179 Å². The number of nitrogens with zero attached hydrogens (tertiary/aromatic N) is 2. The Morgan fingerprint density at radius 2 is 1.70 bits per heavy atom. The van der Waals surface area contributed by atoms with Gasteiger partial charge in [-0.3, -0.25) is 9.69 Å². The summed E-state index contributed by atoms with van der Waals surface area (Å²) in [6.45, 7) is 19.6. The molecule has 1 aromatic carbocycles. The van der Waals surface area contributed by atoms with Gasteiger partial charge in [-0.15, -0.1) is 0 Å². The van der Waals surface area contributed by atoms with Crippen LogP contribution >= 0.6 is 0 Å². The quantitative estimate of drug-likeness (QED) is 0.124. The first-order chi connectivity index (χ1) is 30.8. The first-order valence-corrected chi connectivity index (χ1v) is 24.3. The van der Waals surface area contributed by atoms with E-state index in [1.54, 1.807) is 40.7 Å². The van der Waals surface area contributed by atoms with Crippen LogP contribution in [0.4, 0.5) is 10.5 Å². The van der Waals surface area contributed by atoms with Crippen LogP contribution in [0.5, 0.6) is 5.75 Å². The molecule has 1 aromatic rings. The molecule has 66 heavy (non-hydrogen) atoms. The van der Waals surface area contributed by atoms with Gasteiger partial charge in [-0.2, -0.15) is 0 Å². The highest BCUT2D eigenvalue weighted by Crippen LogP contribution is 2.45. The summed E-state index contributed by atoms with van der Waals surface area (Å²) in [6.07, 6.45) is -6.05. The Bertz CT molecular complexity index is 1750. The van der Waals surface area contributed by atoms with Crippen LogP contribution in [0.25, 0.3) is 0 Å². The van der Waals surface area contributed by atoms with Crippen molar-refractivity contribution >= 4 is 17.7 Å². The second kappa shape index (κ2) is 22.4. The molecule has 3 fully saturated rings. The highest BCUT2D eigenvalue weighted by Gasteiger charge is 2.55. The highest BCUT2D eigenvalue weighted by atomic mass is 16.7. The summed E-state index contributed by atoms with van der Waals surface area (Å²) in [5.74, 6) is -2.41. The maximum atomic E-state index is 14.7. The Hall–Kier alpha value is -2.68. The molecule has 17 nitrogen and oxygen atoms in total. The SMILES string of the molecule is CC[C@H]1OC(=O)[C@H](C)[C@@H](C2C[C@@](C)(OC)[C@@H](O)[C@H](C)O2)[C@H](C)[C@@H](O[C@@H]2O[C@H](C)C[C@H](N(C)C)[C@H]2O)[C@](C)(O)C[C@@H](C)CN(CCCNC(=O)Nc2ccc3c(c2)CCO3)[C@H](C)[C@@H](O)[C@]1(C)O. The zero-order valence-electron chi connectivity index (χ0n) is 41.9. The van der Waals surface area contributed by atoms with E-state index in [1.165, 1.54) is 14.0 Å². The van der Waals surface area contributed by atoms with Gasteiger partial charge in [0, 0.05) is 63.3 Å². The van der Waals surface area contributed by atoms with Crippen molar-refractivity contribution in [2.24, 2.45) is 23.7 Å². The fourth-order valence-corrected chi connectivity index (χ4v) is 11.4. The fourth-order valence-electron chi connectivity index (χ4n) is 11.4. The van der Waals surface area contributed by atoms with E-state index >= 15 is 0 Å². The van der Waals surface area contributed by atoms with Crippen LogP contribution < -0.4 is 15.4 Å². The summed E-state index contributed by atoms with van der Waals surface area (Å²) < 4.78 is 37.6. The molecule has 7 N–H and O–H groups in total. The van der Waals surface area contributed by atoms with E-state index in [0.717, 1.165) is 17.7 Å². The molecule has 0 bridgehead atoms. The molecule has 5 rings (SSSR count). The number of likely N-dealkylation sites (N-methyl/N-ethyl adjacent to an activating group) is 1. The number of cyclic esters (lactones) is 1. The maximum Gasteiger partial charge on any atom is 0.319 e. The third kappa shape index (κ3) is 12.4. The predicted octanol–water partition coefficient (Wildman–Crippen LogP) is 3.69. The van der Waals surface area contributed by atoms with Crippen molar-refractivity contribution in [3.05, 3.63) is 23.8 Å². The second-order valence-electron chi connectivity index (χ2n) is 21.0. The lowest BCUT2D eigenvalue weighted by Gasteiger charge is -2.51. The smallest absolute Gasteiger partial charge is 0.319 e. The van der Waals surface area contributed by atoms with Gasteiger partial charge in [0.25, 0.3) is 0 Å². The predicted molar refractivity (Wildman–Crippen MR) is 249 cm³/mol. The summed E-state index contributed by atoms with van der Waals surface area (Å²) in [5, 5.41) is 66.1. The van der Waals surface area contributed by atoms with E-state index < -0.39 is 95.6 Å². The van der Waals surface area contributed by atoms with Gasteiger partial charge in [0.05, 0.1) is 48.1 Å². The number of anilines is 1. The topological polar surface area (TPSA) is 221 Å². The van der Waals surface area contributed by atoms with Gasteiger partial charge in [-0.05, 0) is 117 Å². The lowest BCUT2D eigenvalue weighted by atomic mass is 9.68. The average Bonchev–Trinajstić information content (AvgIpc) is 3.72. The van der Waals surface area contributed by atoms with Gasteiger partial charge in [0.1, 0.15) is 35.8 Å². The molecule has 2 amide bonds. The summed E-state index contributed by atoms with van der Waals surface area (Å²) in [4.78, 5) is 31.6. The maximum absolute atomic E-state index is 14.7. The van der Waals surface area contributed by atoms with Crippen LogP contribution in [0, 0.1) is 23.7 Å². The number of ether oxygens (including phenoxy) is 6. The largest absolute Gasteiger partial charge is 0.493 e. The molecule has 4 aliphatic rings. The first kappa shape index (κ1) is 54.3. The van der Waals surface area contributed by atoms with Crippen molar-refractivity contribution in [3.8, 4) is 5.75 Å². The van der Waals surface area contributed by atoms with E-state index in [2.05, 4.69) is 10.6 Å². The van der Waals surface area contributed by atoms with Crippen LogP contribution in [0.2, 0.25) is 0 Å². The van der Waals surface area contributed by atoms with Crippen molar-refractivity contribution < 1.29 is 63.5 Å². The lowest BCUT2D eigenvalue weighted by Crippen LogP contribution is -2.61. The van der Waals surface area contributed by atoms with Crippen LogP contribution in [0.15, 0.2) is 18.2 Å². The minimum atomic E-state index is -1.90. The molecule has 1 unspecified atom stereocenters. The molecule has 18 atom stereocenters. The number of carbonyl (C=O) groups is 2.